The average Bonchev–Trinajstić information content (AvgIpc) is 2.82. The number of amides is 2. The smallest absolute Gasteiger partial charge is 0.309 e. The maximum atomic E-state index is 12.9. The Bertz CT molecular complexity index is 822. The van der Waals surface area contributed by atoms with Gasteiger partial charge in [0.1, 0.15) is 6.61 Å². The number of nitrogens with one attached hydrogen (secondary N) is 2. The minimum absolute atomic E-state index is 0.0128. The molecule has 0 unspecified atom stereocenters. The zero-order chi connectivity index (χ0) is 26.3. The summed E-state index contributed by atoms with van der Waals surface area (Å²) in [5, 5.41) is 14.7. The van der Waals surface area contributed by atoms with E-state index in [1.54, 1.807) is 26.8 Å². The summed E-state index contributed by atoms with van der Waals surface area (Å²) in [5.74, 6) is -1.82. The van der Waals surface area contributed by atoms with Crippen LogP contribution in [0.15, 0.2) is 55.6 Å². The summed E-state index contributed by atoms with van der Waals surface area (Å²) in [6.45, 7) is 12.5. The maximum Gasteiger partial charge on any atom is 0.309 e. The van der Waals surface area contributed by atoms with Crippen molar-refractivity contribution in [2.75, 3.05) is 13.2 Å². The molecule has 1 aromatic rings. The van der Waals surface area contributed by atoms with Gasteiger partial charge < -0.3 is 20.5 Å². The second kappa shape index (κ2) is 15.9. The molecule has 194 valence electrons. The van der Waals surface area contributed by atoms with Gasteiger partial charge >= 0.3 is 5.97 Å². The Kier molecular flexibility index (Phi) is 13.7. The highest BCUT2D eigenvalue weighted by molar-refractivity contribution is 5.86. The predicted octanol–water partition coefficient (Wildman–Crippen LogP) is 3.72. The highest BCUT2D eigenvalue weighted by Crippen LogP contribution is 2.19. The normalized spacial score (nSPS) is 13.7. The van der Waals surface area contributed by atoms with Crippen molar-refractivity contribution >= 4 is 17.8 Å². The lowest BCUT2D eigenvalue weighted by molar-refractivity contribution is -0.151. The molecule has 0 bridgehead atoms. The summed E-state index contributed by atoms with van der Waals surface area (Å²) in [4.78, 5) is 38.0. The number of hydrogen-bond donors (Lipinski definition) is 3. The highest BCUT2D eigenvalue weighted by atomic mass is 16.5. The molecule has 0 aliphatic carbocycles. The predicted molar refractivity (Wildman–Crippen MR) is 138 cm³/mol. The molecule has 1 aromatic carbocycles. The summed E-state index contributed by atoms with van der Waals surface area (Å²) in [7, 11) is 0. The van der Waals surface area contributed by atoms with E-state index < -0.39 is 11.5 Å². The Balaban J connectivity index is 2.73. The standard InChI is InChI=1S/C28H42N2O5/c1-6-8-10-16-24(17-22-14-11-9-12-15-22)27(34)35-20-28(4,5)30-26(33)23(13-7-2)18-25(32)29-21(3)19-31/h6-7,9,11-12,14-15,21,23-24,31H,1-2,8,10,13,16-20H2,3-5H3,(H,29,32)(H,30,33)/t21-,23+,24+/m0/s1. The van der Waals surface area contributed by atoms with Crippen LogP contribution in [0.5, 0.6) is 0 Å². The fourth-order valence-electron chi connectivity index (χ4n) is 3.64. The molecule has 7 nitrogen and oxygen atoms in total. The molecule has 0 aromatic heterocycles. The number of carbonyl (C=O) groups is 3. The van der Waals surface area contributed by atoms with Crippen LogP contribution in [0.2, 0.25) is 0 Å². The van der Waals surface area contributed by atoms with Gasteiger partial charge in [0.15, 0.2) is 0 Å². The molecule has 35 heavy (non-hydrogen) atoms. The topological polar surface area (TPSA) is 105 Å². The van der Waals surface area contributed by atoms with E-state index in [0.717, 1.165) is 18.4 Å². The molecular weight excluding hydrogens is 444 g/mol. The largest absolute Gasteiger partial charge is 0.463 e. The Morgan fingerprint density at radius 1 is 1.11 bits per heavy atom. The quantitative estimate of drug-likeness (QED) is 0.177. The minimum atomic E-state index is -0.820. The number of ether oxygens (including phenoxy) is 1. The van der Waals surface area contributed by atoms with Crippen molar-refractivity contribution in [3.63, 3.8) is 0 Å². The third-order valence-electron chi connectivity index (χ3n) is 5.59. The molecular formula is C28H42N2O5. The van der Waals surface area contributed by atoms with E-state index in [0.29, 0.717) is 19.3 Å². The number of hydrogen-bond acceptors (Lipinski definition) is 5. The van der Waals surface area contributed by atoms with Crippen molar-refractivity contribution in [2.24, 2.45) is 11.8 Å². The van der Waals surface area contributed by atoms with Gasteiger partial charge in [-0.25, -0.2) is 0 Å². The third kappa shape index (κ3) is 12.4. The number of aliphatic hydroxyl groups is 1. The maximum absolute atomic E-state index is 12.9. The third-order valence-corrected chi connectivity index (χ3v) is 5.59. The number of carbonyl (C=O) groups excluding carboxylic acids is 3. The number of unbranched alkanes of at least 4 members (excludes halogenated alkanes) is 1. The SMILES string of the molecule is C=CCCC[C@H](Cc1ccccc1)C(=O)OCC(C)(C)NC(=O)[C@H](CC=C)CC(=O)N[C@@H](C)CO. The lowest BCUT2D eigenvalue weighted by Gasteiger charge is -2.29. The molecule has 0 heterocycles. The van der Waals surface area contributed by atoms with E-state index in [1.165, 1.54) is 0 Å². The zero-order valence-corrected chi connectivity index (χ0v) is 21.4. The number of rotatable bonds is 17. The lowest BCUT2D eigenvalue weighted by Crippen LogP contribution is -2.50. The van der Waals surface area contributed by atoms with Crippen molar-refractivity contribution in [3.8, 4) is 0 Å². The van der Waals surface area contributed by atoms with Crippen molar-refractivity contribution in [3.05, 3.63) is 61.2 Å². The van der Waals surface area contributed by atoms with Gasteiger partial charge in [-0.15, -0.1) is 13.2 Å². The Hall–Kier alpha value is -2.93. The van der Waals surface area contributed by atoms with E-state index in [-0.39, 0.29) is 49.4 Å². The van der Waals surface area contributed by atoms with E-state index in [2.05, 4.69) is 23.8 Å². The molecule has 0 spiro atoms. The van der Waals surface area contributed by atoms with Gasteiger partial charge in [-0.1, -0.05) is 42.5 Å². The number of allylic oxidation sites excluding steroid dienone is 2. The second-order valence-corrected chi connectivity index (χ2v) is 9.66. The Morgan fingerprint density at radius 3 is 2.40 bits per heavy atom. The monoisotopic (exact) mass is 486 g/mol. The van der Waals surface area contributed by atoms with Crippen molar-refractivity contribution in [1.29, 1.82) is 0 Å². The molecule has 0 aliphatic heterocycles. The second-order valence-electron chi connectivity index (χ2n) is 9.66. The van der Waals surface area contributed by atoms with Crippen LogP contribution in [0, 0.1) is 11.8 Å². The van der Waals surface area contributed by atoms with E-state index in [4.69, 9.17) is 9.84 Å². The van der Waals surface area contributed by atoms with Crippen LogP contribution in [-0.2, 0) is 25.5 Å². The summed E-state index contributed by atoms with van der Waals surface area (Å²) < 4.78 is 5.65. The van der Waals surface area contributed by atoms with Crippen LogP contribution in [0.1, 0.15) is 58.4 Å². The Morgan fingerprint density at radius 2 is 1.80 bits per heavy atom. The van der Waals surface area contributed by atoms with E-state index in [9.17, 15) is 14.4 Å². The molecule has 1 rings (SSSR count). The summed E-state index contributed by atoms with van der Waals surface area (Å²) in [6, 6.07) is 9.44. The van der Waals surface area contributed by atoms with E-state index >= 15 is 0 Å². The number of benzene rings is 1. The van der Waals surface area contributed by atoms with Gasteiger partial charge in [-0.3, -0.25) is 14.4 Å². The first-order valence-electron chi connectivity index (χ1n) is 12.3. The van der Waals surface area contributed by atoms with Gasteiger partial charge in [0, 0.05) is 12.5 Å². The molecule has 3 N–H and O–H groups in total. The van der Waals surface area contributed by atoms with Gasteiger partial charge in [0.05, 0.1) is 24.0 Å². The molecule has 2 amide bonds. The Labute approximate surface area is 210 Å². The van der Waals surface area contributed by atoms with Crippen molar-refractivity contribution in [1.82, 2.24) is 10.6 Å². The zero-order valence-electron chi connectivity index (χ0n) is 21.4. The van der Waals surface area contributed by atoms with Crippen LogP contribution < -0.4 is 10.6 Å². The molecule has 0 saturated heterocycles. The van der Waals surface area contributed by atoms with Gasteiger partial charge in [-0.05, 0) is 58.4 Å². The van der Waals surface area contributed by atoms with Crippen LogP contribution in [-0.4, -0.2) is 47.7 Å². The van der Waals surface area contributed by atoms with Gasteiger partial charge in [-0.2, -0.15) is 0 Å². The van der Waals surface area contributed by atoms with Crippen LogP contribution in [0.3, 0.4) is 0 Å². The van der Waals surface area contributed by atoms with Crippen molar-refractivity contribution < 1.29 is 24.2 Å². The minimum Gasteiger partial charge on any atom is -0.463 e. The molecule has 0 saturated carbocycles. The molecule has 0 aliphatic rings. The number of esters is 1. The number of aliphatic hydroxyl groups excluding tert-OH is 1. The first kappa shape index (κ1) is 30.1. The molecule has 3 atom stereocenters. The first-order valence-corrected chi connectivity index (χ1v) is 12.3. The van der Waals surface area contributed by atoms with E-state index in [1.807, 2.05) is 36.4 Å². The fraction of sp³-hybridized carbons (Fsp3) is 0.536. The summed E-state index contributed by atoms with van der Waals surface area (Å²) in [5.41, 5.74) is 0.251. The highest BCUT2D eigenvalue weighted by Gasteiger charge is 2.29. The van der Waals surface area contributed by atoms with Crippen molar-refractivity contribution in [2.45, 2.75) is 70.9 Å². The lowest BCUT2D eigenvalue weighted by atomic mass is 9.94. The summed E-state index contributed by atoms with van der Waals surface area (Å²) >= 11 is 0. The van der Waals surface area contributed by atoms with Crippen LogP contribution in [0.4, 0.5) is 0 Å². The first-order chi connectivity index (χ1) is 16.6. The molecule has 0 radical (unpaired) electrons. The van der Waals surface area contributed by atoms with Crippen LogP contribution in [0.25, 0.3) is 0 Å². The fourth-order valence-corrected chi connectivity index (χ4v) is 3.64. The van der Waals surface area contributed by atoms with Crippen LogP contribution >= 0.6 is 0 Å². The summed E-state index contributed by atoms with van der Waals surface area (Å²) in [6.07, 6.45) is 6.69. The van der Waals surface area contributed by atoms with Gasteiger partial charge in [0.25, 0.3) is 0 Å². The average molecular weight is 487 g/mol. The van der Waals surface area contributed by atoms with Gasteiger partial charge in [0.2, 0.25) is 11.8 Å². The molecule has 7 heteroatoms. The molecule has 0 fully saturated rings.